The average Bonchev–Trinajstić information content (AvgIpc) is 2.67. The van der Waals surface area contributed by atoms with Crippen molar-refractivity contribution in [3.8, 4) is 0 Å². The number of hydrogen-bond acceptors (Lipinski definition) is 3. The number of likely N-dealkylation sites (N-methyl/N-ethyl adjacent to an activating group) is 1. The summed E-state index contributed by atoms with van der Waals surface area (Å²) in [7, 11) is 3.92. The largest absolute Gasteiger partial charge is 0.322 e. The van der Waals surface area contributed by atoms with Gasteiger partial charge in [-0.15, -0.1) is 0 Å². The highest BCUT2D eigenvalue weighted by molar-refractivity contribution is 5.89. The van der Waals surface area contributed by atoms with Crippen molar-refractivity contribution < 1.29 is 4.79 Å². The lowest BCUT2D eigenvalue weighted by atomic mass is 10.1. The third-order valence-corrected chi connectivity index (χ3v) is 4.85. The number of aromatic amines is 1. The molecule has 2 aromatic carbocycles. The second kappa shape index (κ2) is 8.92. The van der Waals surface area contributed by atoms with Crippen LogP contribution >= 0.6 is 0 Å². The summed E-state index contributed by atoms with van der Waals surface area (Å²) in [5.74, 6) is 0. The Kier molecular flexibility index (Phi) is 6.34. The van der Waals surface area contributed by atoms with Crippen molar-refractivity contribution in [1.82, 2.24) is 14.8 Å². The number of aromatic nitrogens is 1. The first-order valence-electron chi connectivity index (χ1n) is 9.72. The second-order valence-electron chi connectivity index (χ2n) is 7.74. The zero-order chi connectivity index (χ0) is 21.0. The number of rotatable bonds is 6. The lowest BCUT2D eigenvalue weighted by Gasteiger charge is -2.24. The highest BCUT2D eigenvalue weighted by atomic mass is 16.2. The van der Waals surface area contributed by atoms with Crippen LogP contribution in [0.1, 0.15) is 16.7 Å². The molecule has 1 aromatic heterocycles. The van der Waals surface area contributed by atoms with Gasteiger partial charge in [0, 0.05) is 29.9 Å². The first-order valence-corrected chi connectivity index (χ1v) is 9.72. The van der Waals surface area contributed by atoms with Crippen molar-refractivity contribution >= 4 is 22.6 Å². The zero-order valence-corrected chi connectivity index (χ0v) is 17.5. The monoisotopic (exact) mass is 392 g/mol. The number of hydrogen-bond donors (Lipinski definition) is 2. The average molecular weight is 393 g/mol. The number of carbonyl (C=O) groups is 1. The van der Waals surface area contributed by atoms with Gasteiger partial charge in [0.25, 0.3) is 5.56 Å². The van der Waals surface area contributed by atoms with E-state index in [-0.39, 0.29) is 18.1 Å². The molecule has 0 aliphatic heterocycles. The van der Waals surface area contributed by atoms with Crippen molar-refractivity contribution in [3.63, 3.8) is 0 Å². The van der Waals surface area contributed by atoms with Crippen LogP contribution < -0.4 is 10.9 Å². The van der Waals surface area contributed by atoms with E-state index in [4.69, 9.17) is 0 Å². The number of urea groups is 1. The number of carbonyl (C=O) groups excluding carboxylic acids is 1. The topological polar surface area (TPSA) is 68.4 Å². The Morgan fingerprint density at radius 1 is 0.966 bits per heavy atom. The molecule has 0 saturated heterocycles. The van der Waals surface area contributed by atoms with Crippen LogP contribution in [0.3, 0.4) is 0 Å². The van der Waals surface area contributed by atoms with E-state index < -0.39 is 0 Å². The summed E-state index contributed by atoms with van der Waals surface area (Å²) in [5, 5.41) is 3.90. The van der Waals surface area contributed by atoms with E-state index in [1.165, 1.54) is 0 Å². The highest BCUT2D eigenvalue weighted by Crippen LogP contribution is 2.15. The third kappa shape index (κ3) is 5.45. The van der Waals surface area contributed by atoms with Gasteiger partial charge in [0.15, 0.2) is 0 Å². The number of nitrogens with zero attached hydrogens (tertiary/aromatic N) is 2. The normalized spacial score (nSPS) is 11.1. The van der Waals surface area contributed by atoms with E-state index in [1.807, 2.05) is 81.4 Å². The van der Waals surface area contributed by atoms with Gasteiger partial charge in [0.05, 0.1) is 6.54 Å². The van der Waals surface area contributed by atoms with Crippen LogP contribution in [0.15, 0.2) is 53.3 Å². The van der Waals surface area contributed by atoms with Gasteiger partial charge in [0.2, 0.25) is 0 Å². The SMILES string of the molecule is Cc1ccc(NC(=O)N(CCN(C)C)Cc2cc3cc(C)ccc3[nH]c2=O)cc1. The van der Waals surface area contributed by atoms with E-state index in [0.29, 0.717) is 18.7 Å². The van der Waals surface area contributed by atoms with Gasteiger partial charge in [-0.25, -0.2) is 4.79 Å². The van der Waals surface area contributed by atoms with Crippen molar-refractivity contribution in [2.24, 2.45) is 0 Å². The van der Waals surface area contributed by atoms with Crippen LogP contribution in [-0.4, -0.2) is 48.0 Å². The van der Waals surface area contributed by atoms with Gasteiger partial charge in [-0.05, 0) is 63.7 Å². The molecule has 3 aromatic rings. The number of fused-ring (bicyclic) bond motifs is 1. The minimum atomic E-state index is -0.223. The van der Waals surface area contributed by atoms with Crippen LogP contribution in [0.4, 0.5) is 10.5 Å². The molecule has 0 saturated carbocycles. The molecular weight excluding hydrogens is 364 g/mol. The Labute approximate surface area is 171 Å². The van der Waals surface area contributed by atoms with E-state index in [2.05, 4.69) is 10.3 Å². The molecule has 6 heteroatoms. The summed E-state index contributed by atoms with van der Waals surface area (Å²) < 4.78 is 0. The number of amides is 2. The summed E-state index contributed by atoms with van der Waals surface area (Å²) in [6, 6.07) is 15.2. The van der Waals surface area contributed by atoms with Crippen LogP contribution in [0.2, 0.25) is 0 Å². The van der Waals surface area contributed by atoms with Gasteiger partial charge in [-0.2, -0.15) is 0 Å². The molecule has 29 heavy (non-hydrogen) atoms. The van der Waals surface area contributed by atoms with Crippen molar-refractivity contribution in [1.29, 1.82) is 0 Å². The highest BCUT2D eigenvalue weighted by Gasteiger charge is 2.17. The summed E-state index contributed by atoms with van der Waals surface area (Å²) in [6.07, 6.45) is 0. The van der Waals surface area contributed by atoms with E-state index in [0.717, 1.165) is 27.7 Å². The number of benzene rings is 2. The molecule has 3 rings (SSSR count). The van der Waals surface area contributed by atoms with Gasteiger partial charge >= 0.3 is 6.03 Å². The van der Waals surface area contributed by atoms with E-state index in [9.17, 15) is 9.59 Å². The molecule has 1 heterocycles. The predicted molar refractivity (Wildman–Crippen MR) is 118 cm³/mol. The molecule has 0 spiro atoms. The Morgan fingerprint density at radius 2 is 1.66 bits per heavy atom. The van der Waals surface area contributed by atoms with Crippen molar-refractivity contribution in [2.75, 3.05) is 32.5 Å². The minimum absolute atomic E-state index is 0.167. The standard InChI is InChI=1S/C23H28N4O2/c1-16-5-8-20(9-6-16)24-23(29)27(12-11-26(3)4)15-19-14-18-13-17(2)7-10-21(18)25-22(19)28/h5-10,13-14H,11-12,15H2,1-4H3,(H,24,29)(H,25,28). The number of anilines is 1. The lowest BCUT2D eigenvalue weighted by molar-refractivity contribution is 0.202. The number of nitrogens with one attached hydrogen (secondary N) is 2. The molecule has 0 aliphatic rings. The molecule has 0 fully saturated rings. The molecule has 0 atom stereocenters. The fourth-order valence-electron chi connectivity index (χ4n) is 3.11. The number of aryl methyl sites for hydroxylation is 2. The molecular formula is C23H28N4O2. The Hall–Kier alpha value is -3.12. The van der Waals surface area contributed by atoms with Crippen LogP contribution in [0, 0.1) is 13.8 Å². The van der Waals surface area contributed by atoms with Gasteiger partial charge < -0.3 is 20.1 Å². The molecule has 2 N–H and O–H groups in total. The van der Waals surface area contributed by atoms with E-state index >= 15 is 0 Å². The Morgan fingerprint density at radius 3 is 2.34 bits per heavy atom. The van der Waals surface area contributed by atoms with Crippen molar-refractivity contribution in [2.45, 2.75) is 20.4 Å². The molecule has 0 unspecified atom stereocenters. The maximum atomic E-state index is 12.9. The second-order valence-corrected chi connectivity index (χ2v) is 7.74. The van der Waals surface area contributed by atoms with Crippen LogP contribution in [0.5, 0.6) is 0 Å². The smallest absolute Gasteiger partial charge is 0.322 e. The third-order valence-electron chi connectivity index (χ3n) is 4.85. The summed E-state index contributed by atoms with van der Waals surface area (Å²) >= 11 is 0. The molecule has 6 nitrogen and oxygen atoms in total. The van der Waals surface area contributed by atoms with Gasteiger partial charge in [-0.3, -0.25) is 4.79 Å². The fourth-order valence-corrected chi connectivity index (χ4v) is 3.11. The van der Waals surface area contributed by atoms with Crippen LogP contribution in [-0.2, 0) is 6.54 Å². The Balaban J connectivity index is 1.85. The molecule has 2 amide bonds. The maximum absolute atomic E-state index is 12.9. The quantitative estimate of drug-likeness (QED) is 0.671. The first kappa shape index (κ1) is 20.6. The Bertz CT molecular complexity index is 1050. The van der Waals surface area contributed by atoms with Crippen LogP contribution in [0.25, 0.3) is 10.9 Å². The summed E-state index contributed by atoms with van der Waals surface area (Å²) in [4.78, 5) is 32.1. The summed E-state index contributed by atoms with van der Waals surface area (Å²) in [6.45, 7) is 5.47. The fraction of sp³-hybridized carbons (Fsp3) is 0.304. The lowest BCUT2D eigenvalue weighted by Crippen LogP contribution is -2.40. The molecule has 0 bridgehead atoms. The number of pyridine rings is 1. The molecule has 0 radical (unpaired) electrons. The first-order chi connectivity index (χ1) is 13.8. The predicted octanol–water partition coefficient (Wildman–Crippen LogP) is 3.74. The van der Waals surface area contributed by atoms with E-state index in [1.54, 1.807) is 4.90 Å². The summed E-state index contributed by atoms with van der Waals surface area (Å²) in [5.41, 5.74) is 4.19. The maximum Gasteiger partial charge on any atom is 0.322 e. The molecule has 152 valence electrons. The van der Waals surface area contributed by atoms with Gasteiger partial charge in [0.1, 0.15) is 0 Å². The molecule has 0 aliphatic carbocycles. The number of H-pyrrole nitrogens is 1. The van der Waals surface area contributed by atoms with Crippen molar-refractivity contribution in [3.05, 3.63) is 75.6 Å². The minimum Gasteiger partial charge on any atom is -0.322 e. The van der Waals surface area contributed by atoms with Gasteiger partial charge in [-0.1, -0.05) is 29.3 Å². The zero-order valence-electron chi connectivity index (χ0n) is 17.5.